The number of aromatic hydroxyl groups is 1. The number of halogens is 1. The fraction of sp³-hybridized carbons (Fsp3) is 0.133. The molecule has 5 heteroatoms. The maximum absolute atomic E-state index is 9.55. The van der Waals surface area contributed by atoms with Gasteiger partial charge in [0.1, 0.15) is 4.99 Å². The van der Waals surface area contributed by atoms with Gasteiger partial charge < -0.3 is 15.2 Å². The highest BCUT2D eigenvalue weighted by atomic mass is 35.5. The standard InChI is InChI=1S/C15H14ClNO2S/c1-19-14-8-10(6-7-13(14)18)15(20)17-9-11-4-2-3-5-12(11)16/h2-8,18H,9H2,1H3,(H,17,20). The molecule has 0 heterocycles. The molecule has 0 aliphatic carbocycles. The number of hydrogen-bond donors (Lipinski definition) is 2. The number of hydrogen-bond acceptors (Lipinski definition) is 3. The van der Waals surface area contributed by atoms with Gasteiger partial charge >= 0.3 is 0 Å². The maximum atomic E-state index is 9.55. The molecule has 2 rings (SSSR count). The van der Waals surface area contributed by atoms with Gasteiger partial charge in [-0.1, -0.05) is 42.0 Å². The zero-order valence-electron chi connectivity index (χ0n) is 10.9. The van der Waals surface area contributed by atoms with Crippen LogP contribution in [0.2, 0.25) is 5.02 Å². The topological polar surface area (TPSA) is 41.5 Å². The molecule has 0 atom stereocenters. The maximum Gasteiger partial charge on any atom is 0.161 e. The van der Waals surface area contributed by atoms with Crippen LogP contribution in [0, 0.1) is 0 Å². The van der Waals surface area contributed by atoms with Gasteiger partial charge in [-0.2, -0.15) is 0 Å². The van der Waals surface area contributed by atoms with E-state index in [1.165, 1.54) is 7.11 Å². The molecule has 0 unspecified atom stereocenters. The lowest BCUT2D eigenvalue weighted by Gasteiger charge is -2.11. The van der Waals surface area contributed by atoms with Crippen LogP contribution in [0.5, 0.6) is 11.5 Å². The van der Waals surface area contributed by atoms with E-state index in [0.717, 1.165) is 11.1 Å². The third-order valence-corrected chi connectivity index (χ3v) is 3.59. The molecule has 2 N–H and O–H groups in total. The number of rotatable bonds is 4. The minimum absolute atomic E-state index is 0.0881. The number of ether oxygens (including phenoxy) is 1. The second kappa shape index (κ2) is 6.59. The van der Waals surface area contributed by atoms with E-state index < -0.39 is 0 Å². The number of phenols is 1. The van der Waals surface area contributed by atoms with Gasteiger partial charge in [0.15, 0.2) is 11.5 Å². The van der Waals surface area contributed by atoms with Gasteiger partial charge in [0.2, 0.25) is 0 Å². The van der Waals surface area contributed by atoms with E-state index in [1.54, 1.807) is 18.2 Å². The fourth-order valence-electron chi connectivity index (χ4n) is 1.74. The quantitative estimate of drug-likeness (QED) is 0.848. The van der Waals surface area contributed by atoms with Crippen LogP contribution >= 0.6 is 23.8 Å². The van der Waals surface area contributed by atoms with Crippen molar-refractivity contribution in [1.29, 1.82) is 0 Å². The van der Waals surface area contributed by atoms with Gasteiger partial charge in [0, 0.05) is 17.1 Å². The summed E-state index contributed by atoms with van der Waals surface area (Å²) in [6.07, 6.45) is 0. The Labute approximate surface area is 128 Å². The van der Waals surface area contributed by atoms with Crippen LogP contribution in [0.15, 0.2) is 42.5 Å². The molecule has 2 aromatic rings. The van der Waals surface area contributed by atoms with Crippen molar-refractivity contribution in [3.05, 3.63) is 58.6 Å². The number of phenolic OH excluding ortho intramolecular Hbond substituents is 1. The van der Waals surface area contributed by atoms with Crippen LogP contribution in [-0.4, -0.2) is 17.2 Å². The van der Waals surface area contributed by atoms with Crippen molar-refractivity contribution in [2.24, 2.45) is 0 Å². The molecule has 0 fully saturated rings. The van der Waals surface area contributed by atoms with E-state index in [0.29, 0.717) is 22.3 Å². The largest absolute Gasteiger partial charge is 0.504 e. The highest BCUT2D eigenvalue weighted by Gasteiger charge is 2.07. The lowest BCUT2D eigenvalue weighted by Crippen LogP contribution is -2.21. The van der Waals surface area contributed by atoms with Gasteiger partial charge in [-0.15, -0.1) is 0 Å². The minimum Gasteiger partial charge on any atom is -0.504 e. The highest BCUT2D eigenvalue weighted by Crippen LogP contribution is 2.26. The van der Waals surface area contributed by atoms with Gasteiger partial charge in [-0.3, -0.25) is 0 Å². The molecule has 0 spiro atoms. The van der Waals surface area contributed by atoms with Crippen LogP contribution in [0.1, 0.15) is 11.1 Å². The molecule has 0 bridgehead atoms. The van der Waals surface area contributed by atoms with E-state index in [2.05, 4.69) is 5.32 Å². The molecule has 0 aromatic heterocycles. The number of methoxy groups -OCH3 is 1. The Bertz CT molecular complexity index is 631. The molecule has 0 amide bonds. The normalized spacial score (nSPS) is 10.1. The molecule has 0 saturated carbocycles. The third-order valence-electron chi connectivity index (χ3n) is 2.84. The van der Waals surface area contributed by atoms with E-state index >= 15 is 0 Å². The first-order valence-corrected chi connectivity index (χ1v) is 6.79. The number of benzene rings is 2. The summed E-state index contributed by atoms with van der Waals surface area (Å²) in [5.74, 6) is 0.481. The van der Waals surface area contributed by atoms with Crippen LogP contribution in [0.4, 0.5) is 0 Å². The predicted molar refractivity (Wildman–Crippen MR) is 84.7 cm³/mol. The average molecular weight is 308 g/mol. The van der Waals surface area contributed by atoms with Gasteiger partial charge in [0.25, 0.3) is 0 Å². The lowest BCUT2D eigenvalue weighted by atomic mass is 10.2. The molecule has 3 nitrogen and oxygen atoms in total. The Hall–Kier alpha value is -1.78. The molecule has 20 heavy (non-hydrogen) atoms. The monoisotopic (exact) mass is 307 g/mol. The van der Waals surface area contributed by atoms with E-state index in [-0.39, 0.29) is 5.75 Å². The molecule has 0 radical (unpaired) electrons. The average Bonchev–Trinajstić information content (AvgIpc) is 2.46. The van der Waals surface area contributed by atoms with Crippen molar-refractivity contribution in [1.82, 2.24) is 5.32 Å². The van der Waals surface area contributed by atoms with Gasteiger partial charge in [0.05, 0.1) is 7.11 Å². The summed E-state index contributed by atoms with van der Waals surface area (Å²) in [4.78, 5) is 0.572. The molecule has 0 saturated heterocycles. The van der Waals surface area contributed by atoms with Crippen molar-refractivity contribution >= 4 is 28.8 Å². The SMILES string of the molecule is COc1cc(C(=S)NCc2ccccc2Cl)ccc1O. The van der Waals surface area contributed by atoms with E-state index in [1.807, 2.05) is 24.3 Å². The summed E-state index contributed by atoms with van der Waals surface area (Å²) in [6.45, 7) is 0.543. The van der Waals surface area contributed by atoms with Gasteiger partial charge in [-0.05, 0) is 29.8 Å². The van der Waals surface area contributed by atoms with Crippen LogP contribution in [-0.2, 0) is 6.54 Å². The fourth-order valence-corrected chi connectivity index (χ4v) is 2.14. The summed E-state index contributed by atoms with van der Waals surface area (Å²) in [7, 11) is 1.50. The molecular formula is C15H14ClNO2S. The molecule has 2 aromatic carbocycles. The number of thiocarbonyl (C=S) groups is 1. The Morgan fingerprint density at radius 3 is 2.75 bits per heavy atom. The van der Waals surface area contributed by atoms with Crippen molar-refractivity contribution in [2.45, 2.75) is 6.54 Å². The molecule has 0 aliphatic heterocycles. The second-order valence-corrected chi connectivity index (χ2v) is 4.98. The van der Waals surface area contributed by atoms with Crippen LogP contribution < -0.4 is 10.1 Å². The molecule has 104 valence electrons. The Balaban J connectivity index is 2.07. The lowest BCUT2D eigenvalue weighted by molar-refractivity contribution is 0.373. The smallest absolute Gasteiger partial charge is 0.161 e. The summed E-state index contributed by atoms with van der Waals surface area (Å²) in [5.41, 5.74) is 1.75. The molecule has 0 aliphatic rings. The van der Waals surface area contributed by atoms with E-state index in [4.69, 9.17) is 28.6 Å². The van der Waals surface area contributed by atoms with Crippen molar-refractivity contribution in [3.63, 3.8) is 0 Å². The highest BCUT2D eigenvalue weighted by molar-refractivity contribution is 7.80. The second-order valence-electron chi connectivity index (χ2n) is 4.16. The first-order chi connectivity index (χ1) is 9.61. The van der Waals surface area contributed by atoms with Crippen LogP contribution in [0.3, 0.4) is 0 Å². The predicted octanol–water partition coefficient (Wildman–Crippen LogP) is 3.52. The third kappa shape index (κ3) is 3.40. The van der Waals surface area contributed by atoms with Crippen molar-refractivity contribution < 1.29 is 9.84 Å². The number of nitrogens with one attached hydrogen (secondary N) is 1. The Morgan fingerprint density at radius 1 is 1.30 bits per heavy atom. The minimum atomic E-state index is 0.0881. The van der Waals surface area contributed by atoms with Crippen molar-refractivity contribution in [3.8, 4) is 11.5 Å². The summed E-state index contributed by atoms with van der Waals surface area (Å²) in [6, 6.07) is 12.6. The molecular weight excluding hydrogens is 294 g/mol. The first kappa shape index (κ1) is 14.6. The van der Waals surface area contributed by atoms with Crippen LogP contribution in [0.25, 0.3) is 0 Å². The van der Waals surface area contributed by atoms with E-state index in [9.17, 15) is 5.11 Å². The first-order valence-electron chi connectivity index (χ1n) is 6.00. The Morgan fingerprint density at radius 2 is 2.05 bits per heavy atom. The Kier molecular flexibility index (Phi) is 4.82. The van der Waals surface area contributed by atoms with Crippen molar-refractivity contribution in [2.75, 3.05) is 7.11 Å². The summed E-state index contributed by atoms with van der Waals surface area (Å²) in [5, 5.41) is 13.4. The zero-order chi connectivity index (χ0) is 14.5. The summed E-state index contributed by atoms with van der Waals surface area (Å²) >= 11 is 11.4. The summed E-state index contributed by atoms with van der Waals surface area (Å²) < 4.78 is 5.06. The zero-order valence-corrected chi connectivity index (χ0v) is 12.5. The van der Waals surface area contributed by atoms with Gasteiger partial charge in [-0.25, -0.2) is 0 Å².